The highest BCUT2D eigenvalue weighted by molar-refractivity contribution is 9.10. The Morgan fingerprint density at radius 3 is 2.53 bits per heavy atom. The van der Waals surface area contributed by atoms with E-state index in [9.17, 15) is 8.78 Å². The largest absolute Gasteiger partial charge is 0.391 e. The van der Waals surface area contributed by atoms with E-state index in [1.54, 1.807) is 24.3 Å². The molecule has 0 fully saturated rings. The van der Waals surface area contributed by atoms with Crippen LogP contribution in [0.15, 0.2) is 52.1 Å². The minimum absolute atomic E-state index is 0.233. The van der Waals surface area contributed by atoms with E-state index in [4.69, 9.17) is 4.84 Å². The van der Waals surface area contributed by atoms with Gasteiger partial charge in [-0.1, -0.05) is 23.4 Å². The van der Waals surface area contributed by atoms with Gasteiger partial charge in [0.15, 0.2) is 0 Å². The molecule has 2 rings (SSSR count). The molecule has 0 aliphatic carbocycles. The third kappa shape index (κ3) is 4.13. The first-order valence-corrected chi connectivity index (χ1v) is 6.29. The predicted molar refractivity (Wildman–Crippen MR) is 72.9 cm³/mol. The molecule has 0 saturated carbocycles. The average Bonchev–Trinajstić information content (AvgIpc) is 2.41. The molecule has 98 valence electrons. The fourth-order valence-electron chi connectivity index (χ4n) is 1.39. The van der Waals surface area contributed by atoms with E-state index in [1.807, 2.05) is 0 Å². The maximum absolute atomic E-state index is 13.0. The van der Waals surface area contributed by atoms with Crippen molar-refractivity contribution < 1.29 is 13.6 Å². The van der Waals surface area contributed by atoms with Gasteiger partial charge in [-0.05, 0) is 51.3 Å². The van der Waals surface area contributed by atoms with Crippen molar-refractivity contribution in [2.24, 2.45) is 5.16 Å². The number of halogens is 3. The maximum atomic E-state index is 13.0. The van der Waals surface area contributed by atoms with Gasteiger partial charge in [0.2, 0.25) is 0 Å². The van der Waals surface area contributed by atoms with E-state index in [-0.39, 0.29) is 18.2 Å². The molecule has 2 nitrogen and oxygen atoms in total. The molecule has 2 aromatic rings. The van der Waals surface area contributed by atoms with Crippen LogP contribution in [0, 0.1) is 11.6 Å². The van der Waals surface area contributed by atoms with E-state index in [0.29, 0.717) is 4.47 Å². The van der Waals surface area contributed by atoms with Crippen molar-refractivity contribution in [3.05, 3.63) is 69.7 Å². The van der Waals surface area contributed by atoms with Gasteiger partial charge < -0.3 is 4.84 Å². The Balaban J connectivity index is 1.89. The third-order valence-electron chi connectivity index (χ3n) is 2.36. The number of hydrogen-bond donors (Lipinski definition) is 0. The summed E-state index contributed by atoms with van der Waals surface area (Å²) in [7, 11) is 0. The topological polar surface area (TPSA) is 21.6 Å². The molecule has 2 aromatic carbocycles. The van der Waals surface area contributed by atoms with Crippen LogP contribution < -0.4 is 0 Å². The Morgan fingerprint density at radius 1 is 1.11 bits per heavy atom. The minimum Gasteiger partial charge on any atom is -0.391 e. The van der Waals surface area contributed by atoms with Gasteiger partial charge in [-0.2, -0.15) is 0 Å². The molecule has 5 heteroatoms. The molecule has 0 aliphatic rings. The van der Waals surface area contributed by atoms with E-state index < -0.39 is 0 Å². The Labute approximate surface area is 117 Å². The van der Waals surface area contributed by atoms with Gasteiger partial charge in [0, 0.05) is 0 Å². The summed E-state index contributed by atoms with van der Waals surface area (Å²) >= 11 is 3.09. The lowest BCUT2D eigenvalue weighted by atomic mass is 10.2. The zero-order chi connectivity index (χ0) is 13.7. The number of hydrogen-bond acceptors (Lipinski definition) is 2. The molecule has 0 atom stereocenters. The van der Waals surface area contributed by atoms with Crippen LogP contribution in [0.4, 0.5) is 8.78 Å². The zero-order valence-corrected chi connectivity index (χ0v) is 11.4. The molecule has 0 N–H and O–H groups in total. The summed E-state index contributed by atoms with van der Waals surface area (Å²) in [5.41, 5.74) is 1.53. The molecule has 0 spiro atoms. The second kappa shape index (κ2) is 6.43. The molecule has 0 bridgehead atoms. The highest BCUT2D eigenvalue weighted by Gasteiger charge is 2.00. The number of oxime groups is 1. The Hall–Kier alpha value is -1.75. The Kier molecular flexibility index (Phi) is 4.63. The highest BCUT2D eigenvalue weighted by atomic mass is 79.9. The van der Waals surface area contributed by atoms with E-state index in [1.165, 1.54) is 24.4 Å². The second-order valence-corrected chi connectivity index (χ2v) is 4.66. The highest BCUT2D eigenvalue weighted by Crippen LogP contribution is 2.17. The molecular formula is C14H10BrF2NO. The monoisotopic (exact) mass is 325 g/mol. The molecular weight excluding hydrogens is 316 g/mol. The van der Waals surface area contributed by atoms with Crippen LogP contribution in [0.2, 0.25) is 0 Å². The fraction of sp³-hybridized carbons (Fsp3) is 0.0714. The first-order chi connectivity index (χ1) is 9.15. The van der Waals surface area contributed by atoms with Crippen molar-refractivity contribution >= 4 is 22.1 Å². The summed E-state index contributed by atoms with van der Waals surface area (Å²) in [6.07, 6.45) is 1.48. The van der Waals surface area contributed by atoms with E-state index in [2.05, 4.69) is 21.1 Å². The van der Waals surface area contributed by atoms with Crippen LogP contribution in [-0.4, -0.2) is 6.21 Å². The van der Waals surface area contributed by atoms with Gasteiger partial charge in [0.05, 0.1) is 10.7 Å². The van der Waals surface area contributed by atoms with Crippen molar-refractivity contribution in [3.63, 3.8) is 0 Å². The van der Waals surface area contributed by atoms with E-state index >= 15 is 0 Å². The maximum Gasteiger partial charge on any atom is 0.142 e. The standard InChI is InChI=1S/C14H10BrF2NO/c15-13-7-11(3-6-14(13)17)9-19-18-8-10-1-4-12(16)5-2-10/h1-8H,9H2/b18-8+. The summed E-state index contributed by atoms with van der Waals surface area (Å²) in [5.74, 6) is -0.618. The molecule has 0 unspecified atom stereocenters. The van der Waals surface area contributed by atoms with Gasteiger partial charge in [-0.25, -0.2) is 8.78 Å². The van der Waals surface area contributed by atoms with Gasteiger partial charge in [0.25, 0.3) is 0 Å². The third-order valence-corrected chi connectivity index (χ3v) is 2.97. The average molecular weight is 326 g/mol. The molecule has 0 heterocycles. The number of rotatable bonds is 4. The summed E-state index contributed by atoms with van der Waals surface area (Å²) < 4.78 is 26.0. The quantitative estimate of drug-likeness (QED) is 0.607. The molecule has 0 amide bonds. The van der Waals surface area contributed by atoms with Crippen LogP contribution in [0.5, 0.6) is 0 Å². The van der Waals surface area contributed by atoms with Crippen molar-refractivity contribution in [3.8, 4) is 0 Å². The number of nitrogens with zero attached hydrogens (tertiary/aromatic N) is 1. The first kappa shape index (κ1) is 13.7. The number of benzene rings is 2. The molecule has 0 radical (unpaired) electrons. The molecule has 0 aliphatic heterocycles. The van der Waals surface area contributed by atoms with Crippen molar-refractivity contribution in [1.29, 1.82) is 0 Å². The Morgan fingerprint density at radius 2 is 1.84 bits per heavy atom. The van der Waals surface area contributed by atoms with Gasteiger partial charge >= 0.3 is 0 Å². The van der Waals surface area contributed by atoms with Gasteiger partial charge in [-0.15, -0.1) is 0 Å². The SMILES string of the molecule is Fc1ccc(/C=N/OCc2ccc(F)c(Br)c2)cc1. The summed E-state index contributed by atoms with van der Waals surface area (Å²) in [5, 5.41) is 3.76. The first-order valence-electron chi connectivity index (χ1n) is 5.50. The second-order valence-electron chi connectivity index (χ2n) is 3.81. The zero-order valence-electron chi connectivity index (χ0n) is 9.82. The smallest absolute Gasteiger partial charge is 0.142 e. The molecule has 19 heavy (non-hydrogen) atoms. The van der Waals surface area contributed by atoms with Crippen LogP contribution in [0.25, 0.3) is 0 Å². The predicted octanol–water partition coefficient (Wildman–Crippen LogP) is 4.28. The van der Waals surface area contributed by atoms with Crippen LogP contribution in [0.3, 0.4) is 0 Å². The lowest BCUT2D eigenvalue weighted by Gasteiger charge is -2.01. The van der Waals surface area contributed by atoms with Crippen LogP contribution in [-0.2, 0) is 11.4 Å². The molecule has 0 aromatic heterocycles. The fourth-order valence-corrected chi connectivity index (χ4v) is 1.81. The lowest BCUT2D eigenvalue weighted by molar-refractivity contribution is 0.132. The normalized spacial score (nSPS) is 10.9. The van der Waals surface area contributed by atoms with Crippen LogP contribution in [0.1, 0.15) is 11.1 Å². The summed E-state index contributed by atoms with van der Waals surface area (Å²) in [6, 6.07) is 10.5. The van der Waals surface area contributed by atoms with Crippen molar-refractivity contribution in [1.82, 2.24) is 0 Å². The van der Waals surface area contributed by atoms with Crippen molar-refractivity contribution in [2.75, 3.05) is 0 Å². The summed E-state index contributed by atoms with van der Waals surface area (Å²) in [6.45, 7) is 0.233. The summed E-state index contributed by atoms with van der Waals surface area (Å²) in [4.78, 5) is 5.08. The van der Waals surface area contributed by atoms with Gasteiger partial charge in [0.1, 0.15) is 18.2 Å². The van der Waals surface area contributed by atoms with Crippen LogP contribution >= 0.6 is 15.9 Å². The lowest BCUT2D eigenvalue weighted by Crippen LogP contribution is -1.90. The molecule has 0 saturated heterocycles. The van der Waals surface area contributed by atoms with Crippen molar-refractivity contribution in [2.45, 2.75) is 6.61 Å². The Bertz CT molecular complexity index is 584. The minimum atomic E-state index is -0.321. The van der Waals surface area contributed by atoms with Gasteiger partial charge in [-0.3, -0.25) is 0 Å². The van der Waals surface area contributed by atoms with E-state index in [0.717, 1.165) is 11.1 Å².